The van der Waals surface area contributed by atoms with Crippen LogP contribution in [-0.4, -0.2) is 32.7 Å². The van der Waals surface area contributed by atoms with Crippen LogP contribution >= 0.6 is 0 Å². The van der Waals surface area contributed by atoms with E-state index >= 15 is 0 Å². The third-order valence-electron chi connectivity index (χ3n) is 5.52. The Morgan fingerprint density at radius 2 is 1.71 bits per heavy atom. The molecule has 0 radical (unpaired) electrons. The number of carbonyl (C=O) groups is 1. The van der Waals surface area contributed by atoms with E-state index in [1.807, 2.05) is 24.3 Å². The van der Waals surface area contributed by atoms with E-state index in [0.717, 1.165) is 22.9 Å². The number of esters is 1. The first-order chi connectivity index (χ1) is 15.9. The van der Waals surface area contributed by atoms with Crippen LogP contribution in [0.1, 0.15) is 47.8 Å². The molecule has 3 rings (SSSR count). The van der Waals surface area contributed by atoms with Gasteiger partial charge in [-0.05, 0) is 65.3 Å². The molecule has 2 aromatic carbocycles. The largest absolute Gasteiger partial charge is 0.465 e. The fourth-order valence-corrected chi connectivity index (χ4v) is 4.32. The molecule has 34 heavy (non-hydrogen) atoms. The molecular formula is C26H30N2O5S. The zero-order valence-corrected chi connectivity index (χ0v) is 20.9. The summed E-state index contributed by atoms with van der Waals surface area (Å²) in [4.78, 5) is 28.2. The molecule has 0 aliphatic heterocycles. The average Bonchev–Trinajstić information content (AvgIpc) is 2.76. The summed E-state index contributed by atoms with van der Waals surface area (Å²) in [5, 5.41) is 0. The molecule has 0 unspecified atom stereocenters. The second-order valence-electron chi connectivity index (χ2n) is 9.28. The first-order valence-corrected chi connectivity index (χ1v) is 12.8. The number of aromatic amines is 1. The van der Waals surface area contributed by atoms with Crippen LogP contribution in [0.2, 0.25) is 0 Å². The minimum absolute atomic E-state index is 0.210. The molecular weight excluding hydrogens is 452 g/mol. The lowest BCUT2D eigenvalue weighted by Gasteiger charge is -2.23. The number of ether oxygens (including phenoxy) is 1. The smallest absolute Gasteiger partial charge is 0.338 e. The summed E-state index contributed by atoms with van der Waals surface area (Å²) < 4.78 is 30.4. The number of nitrogens with one attached hydrogen (secondary N) is 2. The predicted octanol–water partition coefficient (Wildman–Crippen LogP) is 4.28. The summed E-state index contributed by atoms with van der Waals surface area (Å²) in [6.45, 7) is 6.24. The summed E-state index contributed by atoms with van der Waals surface area (Å²) in [6, 6.07) is 14.4. The quantitative estimate of drug-likeness (QED) is 0.489. The van der Waals surface area contributed by atoms with E-state index in [-0.39, 0.29) is 11.0 Å². The summed E-state index contributed by atoms with van der Waals surface area (Å²) >= 11 is 0. The topological polar surface area (TPSA) is 105 Å². The Morgan fingerprint density at radius 3 is 2.26 bits per heavy atom. The molecule has 0 aliphatic carbocycles. The van der Waals surface area contributed by atoms with Crippen LogP contribution in [0.3, 0.4) is 0 Å². The van der Waals surface area contributed by atoms with E-state index < -0.39 is 16.0 Å². The van der Waals surface area contributed by atoms with Gasteiger partial charge in [0.1, 0.15) is 0 Å². The van der Waals surface area contributed by atoms with Crippen molar-refractivity contribution in [3.8, 4) is 11.1 Å². The zero-order chi connectivity index (χ0) is 25.1. The van der Waals surface area contributed by atoms with Crippen LogP contribution in [-0.2, 0) is 33.0 Å². The first-order valence-electron chi connectivity index (χ1n) is 10.9. The number of aryl methyl sites for hydroxylation is 2. The third kappa shape index (κ3) is 6.14. The maximum Gasteiger partial charge on any atom is 0.338 e. The molecule has 7 nitrogen and oxygen atoms in total. The molecule has 0 saturated carbocycles. The second-order valence-corrected chi connectivity index (χ2v) is 11.0. The lowest BCUT2D eigenvalue weighted by Crippen LogP contribution is -2.18. The fourth-order valence-electron chi connectivity index (χ4n) is 3.75. The van der Waals surface area contributed by atoms with Crippen LogP contribution in [0.4, 0.5) is 5.69 Å². The molecule has 1 aromatic heterocycles. The molecule has 2 N–H and O–H groups in total. The summed E-state index contributed by atoms with van der Waals surface area (Å²) in [5.41, 5.74) is 4.10. The standard InChI is InChI=1S/C26H30N2O5S/c1-26(2,3)19-15-18(11-8-17-9-12-20(13-10-17)28-34(5,31)32)23(25(30)33-4)22(16-19)21-7-6-14-27-24(21)29/h6-7,9-10,12-16,28H,8,11H2,1-5H3,(H,27,29). The number of rotatable bonds is 7. The molecule has 0 saturated heterocycles. The van der Waals surface area contributed by atoms with Crippen molar-refractivity contribution in [1.29, 1.82) is 0 Å². The van der Waals surface area contributed by atoms with E-state index in [1.165, 1.54) is 7.11 Å². The molecule has 0 spiro atoms. The number of anilines is 1. The molecule has 0 fully saturated rings. The molecule has 0 amide bonds. The van der Waals surface area contributed by atoms with Crippen molar-refractivity contribution >= 4 is 21.7 Å². The average molecular weight is 483 g/mol. The maximum absolute atomic E-state index is 12.9. The molecule has 3 aromatic rings. The molecule has 0 atom stereocenters. The Balaban J connectivity index is 2.06. The molecule has 0 bridgehead atoms. The minimum atomic E-state index is -3.35. The number of sulfonamides is 1. The lowest BCUT2D eigenvalue weighted by molar-refractivity contribution is 0.0600. The highest BCUT2D eigenvalue weighted by atomic mass is 32.2. The second kappa shape index (κ2) is 9.85. The summed E-state index contributed by atoms with van der Waals surface area (Å²) in [5.74, 6) is -0.499. The Labute approximate surface area is 200 Å². The monoisotopic (exact) mass is 482 g/mol. The number of hydrogen-bond acceptors (Lipinski definition) is 5. The first kappa shape index (κ1) is 25.2. The van der Waals surface area contributed by atoms with Gasteiger partial charge in [-0.15, -0.1) is 0 Å². The molecule has 0 aliphatic rings. The van der Waals surface area contributed by atoms with Gasteiger partial charge in [0.05, 0.1) is 18.9 Å². The van der Waals surface area contributed by atoms with Gasteiger partial charge in [-0.3, -0.25) is 9.52 Å². The SMILES string of the molecule is COC(=O)c1c(CCc2ccc(NS(C)(=O)=O)cc2)cc(C(C)(C)C)cc1-c1ccc[nH]c1=O. The third-order valence-corrected chi connectivity index (χ3v) is 6.13. The fraction of sp³-hybridized carbons (Fsp3) is 0.308. The van der Waals surface area contributed by atoms with E-state index in [4.69, 9.17) is 4.74 Å². The number of pyridine rings is 1. The van der Waals surface area contributed by atoms with E-state index in [0.29, 0.717) is 35.2 Å². The van der Waals surface area contributed by atoms with Crippen molar-refractivity contribution in [3.05, 3.63) is 87.3 Å². The Morgan fingerprint density at radius 1 is 1.03 bits per heavy atom. The highest BCUT2D eigenvalue weighted by molar-refractivity contribution is 7.92. The van der Waals surface area contributed by atoms with Gasteiger partial charge < -0.3 is 9.72 Å². The van der Waals surface area contributed by atoms with Crippen LogP contribution in [0, 0.1) is 0 Å². The summed E-state index contributed by atoms with van der Waals surface area (Å²) in [7, 11) is -2.02. The number of methoxy groups -OCH3 is 1. The highest BCUT2D eigenvalue weighted by Crippen LogP contribution is 2.33. The van der Waals surface area contributed by atoms with Crippen molar-refractivity contribution in [3.63, 3.8) is 0 Å². The number of benzene rings is 2. The van der Waals surface area contributed by atoms with E-state index in [2.05, 4.69) is 30.5 Å². The Kier molecular flexibility index (Phi) is 7.31. The number of hydrogen-bond donors (Lipinski definition) is 2. The van der Waals surface area contributed by atoms with Crippen LogP contribution in [0.25, 0.3) is 11.1 Å². The van der Waals surface area contributed by atoms with Gasteiger partial charge in [0.25, 0.3) is 5.56 Å². The maximum atomic E-state index is 12.9. The zero-order valence-electron chi connectivity index (χ0n) is 20.1. The van der Waals surface area contributed by atoms with Gasteiger partial charge in [0.2, 0.25) is 10.0 Å². The van der Waals surface area contributed by atoms with Crippen LogP contribution < -0.4 is 10.3 Å². The normalized spacial score (nSPS) is 11.8. The Bertz CT molecular complexity index is 1350. The van der Waals surface area contributed by atoms with Crippen molar-refractivity contribution in [2.45, 2.75) is 39.0 Å². The van der Waals surface area contributed by atoms with Gasteiger partial charge in [0, 0.05) is 23.0 Å². The van der Waals surface area contributed by atoms with Gasteiger partial charge in [0.15, 0.2) is 0 Å². The molecule has 1 heterocycles. The number of aromatic nitrogens is 1. The van der Waals surface area contributed by atoms with Crippen molar-refractivity contribution in [2.75, 3.05) is 18.1 Å². The molecule has 8 heteroatoms. The summed E-state index contributed by atoms with van der Waals surface area (Å²) in [6.07, 6.45) is 3.81. The highest BCUT2D eigenvalue weighted by Gasteiger charge is 2.24. The van der Waals surface area contributed by atoms with Gasteiger partial charge in [-0.2, -0.15) is 0 Å². The van der Waals surface area contributed by atoms with E-state index in [1.54, 1.807) is 30.5 Å². The minimum Gasteiger partial charge on any atom is -0.465 e. The predicted molar refractivity (Wildman–Crippen MR) is 135 cm³/mol. The van der Waals surface area contributed by atoms with Crippen molar-refractivity contribution < 1.29 is 17.9 Å². The number of carbonyl (C=O) groups excluding carboxylic acids is 1. The van der Waals surface area contributed by atoms with Crippen molar-refractivity contribution in [2.24, 2.45) is 0 Å². The van der Waals surface area contributed by atoms with Crippen LogP contribution in [0.5, 0.6) is 0 Å². The van der Waals surface area contributed by atoms with Gasteiger partial charge in [-0.25, -0.2) is 13.2 Å². The van der Waals surface area contributed by atoms with Gasteiger partial charge >= 0.3 is 5.97 Å². The van der Waals surface area contributed by atoms with Gasteiger partial charge in [-0.1, -0.05) is 39.0 Å². The van der Waals surface area contributed by atoms with E-state index in [9.17, 15) is 18.0 Å². The Hall–Kier alpha value is -3.39. The van der Waals surface area contributed by atoms with Crippen LogP contribution in [0.15, 0.2) is 59.5 Å². The molecule has 180 valence electrons. The number of H-pyrrole nitrogens is 1. The van der Waals surface area contributed by atoms with Crippen molar-refractivity contribution in [1.82, 2.24) is 4.98 Å². The lowest BCUT2D eigenvalue weighted by atomic mass is 9.81.